The smallest absolute Gasteiger partial charge is 0.115 e. The highest BCUT2D eigenvalue weighted by molar-refractivity contribution is 5.27. The van der Waals surface area contributed by atoms with Crippen molar-refractivity contribution < 1.29 is 10.2 Å². The number of rotatable bonds is 5. The van der Waals surface area contributed by atoms with E-state index in [-0.39, 0.29) is 6.10 Å². The summed E-state index contributed by atoms with van der Waals surface area (Å²) in [6, 6.07) is 7.22. The van der Waals surface area contributed by atoms with E-state index in [1.165, 1.54) is 5.56 Å². The molecule has 2 atom stereocenters. The molecule has 0 aliphatic carbocycles. The van der Waals surface area contributed by atoms with Crippen LogP contribution in [0.3, 0.4) is 0 Å². The number of aromatic hydroxyl groups is 1. The largest absolute Gasteiger partial charge is 0.508 e. The van der Waals surface area contributed by atoms with Crippen LogP contribution in [0.5, 0.6) is 5.75 Å². The van der Waals surface area contributed by atoms with Crippen LogP contribution in [0, 0.1) is 0 Å². The van der Waals surface area contributed by atoms with E-state index in [4.69, 9.17) is 5.11 Å². The molecule has 2 unspecified atom stereocenters. The molecule has 0 aliphatic rings. The Labute approximate surface area is 91.6 Å². The second-order valence-electron chi connectivity index (χ2n) is 4.17. The summed E-state index contributed by atoms with van der Waals surface area (Å²) in [5.74, 6) is 0.632. The van der Waals surface area contributed by atoms with Crippen LogP contribution in [0.1, 0.15) is 44.6 Å². The van der Waals surface area contributed by atoms with Gasteiger partial charge in [0.15, 0.2) is 0 Å². The Morgan fingerprint density at radius 2 is 1.80 bits per heavy atom. The molecule has 15 heavy (non-hydrogen) atoms. The summed E-state index contributed by atoms with van der Waals surface area (Å²) in [5.41, 5.74) is 1.17. The summed E-state index contributed by atoms with van der Waals surface area (Å²) < 4.78 is 0. The van der Waals surface area contributed by atoms with Gasteiger partial charge in [0.25, 0.3) is 0 Å². The van der Waals surface area contributed by atoms with E-state index in [0.717, 1.165) is 19.3 Å². The molecule has 2 heteroatoms. The molecule has 1 rings (SSSR count). The highest BCUT2D eigenvalue weighted by Crippen LogP contribution is 2.23. The Morgan fingerprint density at radius 1 is 1.20 bits per heavy atom. The zero-order valence-corrected chi connectivity index (χ0v) is 9.48. The van der Waals surface area contributed by atoms with E-state index in [1.54, 1.807) is 12.1 Å². The number of hydrogen-bond acceptors (Lipinski definition) is 2. The van der Waals surface area contributed by atoms with Gasteiger partial charge >= 0.3 is 0 Å². The molecule has 0 aliphatic heterocycles. The monoisotopic (exact) mass is 208 g/mol. The lowest BCUT2D eigenvalue weighted by molar-refractivity contribution is 0.146. The van der Waals surface area contributed by atoms with Gasteiger partial charge < -0.3 is 10.2 Å². The molecule has 0 amide bonds. The van der Waals surface area contributed by atoms with Crippen molar-refractivity contribution >= 4 is 0 Å². The number of benzene rings is 1. The number of phenols is 1. The quantitative estimate of drug-likeness (QED) is 0.780. The van der Waals surface area contributed by atoms with Gasteiger partial charge in [-0.3, -0.25) is 0 Å². The normalized spacial score (nSPS) is 14.9. The summed E-state index contributed by atoms with van der Waals surface area (Å²) in [6.07, 6.45) is 2.46. The van der Waals surface area contributed by atoms with Gasteiger partial charge in [0.05, 0.1) is 6.10 Å². The van der Waals surface area contributed by atoms with Crippen LogP contribution in [0.25, 0.3) is 0 Å². The lowest BCUT2D eigenvalue weighted by atomic mass is 9.93. The first-order valence-electron chi connectivity index (χ1n) is 5.60. The molecule has 0 bridgehead atoms. The Balaban J connectivity index is 2.53. The van der Waals surface area contributed by atoms with Gasteiger partial charge in [0.2, 0.25) is 0 Å². The predicted molar refractivity (Wildman–Crippen MR) is 62.1 cm³/mol. The third-order valence-corrected chi connectivity index (χ3v) is 2.71. The Morgan fingerprint density at radius 3 is 2.33 bits per heavy atom. The molecule has 0 saturated heterocycles. The second-order valence-corrected chi connectivity index (χ2v) is 4.17. The maximum atomic E-state index is 9.69. The number of aliphatic hydroxyl groups is 1. The molecule has 1 aromatic carbocycles. The summed E-state index contributed by atoms with van der Waals surface area (Å²) in [7, 11) is 0. The molecule has 84 valence electrons. The van der Waals surface area contributed by atoms with Crippen molar-refractivity contribution in [2.75, 3.05) is 0 Å². The van der Waals surface area contributed by atoms with Gasteiger partial charge in [-0.1, -0.05) is 32.4 Å². The van der Waals surface area contributed by atoms with Crippen molar-refractivity contribution in [3.8, 4) is 5.75 Å². The Bertz CT molecular complexity index is 279. The fraction of sp³-hybridized carbons (Fsp3) is 0.538. The Kier molecular flexibility index (Phi) is 4.63. The molecule has 2 N–H and O–H groups in total. The number of phenolic OH excluding ortho intramolecular Hbond substituents is 1. The SMILES string of the molecule is CCCC(O)CC(C)c1ccc(O)cc1. The van der Waals surface area contributed by atoms with Crippen molar-refractivity contribution in [1.29, 1.82) is 0 Å². The first kappa shape index (κ1) is 12.1. The van der Waals surface area contributed by atoms with E-state index in [1.807, 2.05) is 12.1 Å². The molecule has 2 nitrogen and oxygen atoms in total. The number of hydrogen-bond donors (Lipinski definition) is 2. The van der Waals surface area contributed by atoms with Crippen molar-refractivity contribution in [3.63, 3.8) is 0 Å². The van der Waals surface area contributed by atoms with Crippen molar-refractivity contribution in [1.82, 2.24) is 0 Å². The lowest BCUT2D eigenvalue weighted by Gasteiger charge is -2.16. The van der Waals surface area contributed by atoms with Gasteiger partial charge in [-0.2, -0.15) is 0 Å². The summed E-state index contributed by atoms with van der Waals surface area (Å²) in [6.45, 7) is 4.18. The molecule has 0 spiro atoms. The first-order valence-corrected chi connectivity index (χ1v) is 5.60. The van der Waals surface area contributed by atoms with Gasteiger partial charge in [-0.25, -0.2) is 0 Å². The summed E-state index contributed by atoms with van der Waals surface area (Å²) in [5, 5.41) is 18.8. The molecule has 0 heterocycles. The highest BCUT2D eigenvalue weighted by atomic mass is 16.3. The predicted octanol–water partition coefficient (Wildman–Crippen LogP) is 3.05. The number of aliphatic hydroxyl groups excluding tert-OH is 1. The van der Waals surface area contributed by atoms with E-state index in [9.17, 15) is 5.11 Å². The van der Waals surface area contributed by atoms with Crippen LogP contribution in [0.2, 0.25) is 0 Å². The van der Waals surface area contributed by atoms with Crippen molar-refractivity contribution in [2.24, 2.45) is 0 Å². The fourth-order valence-corrected chi connectivity index (χ4v) is 1.80. The van der Waals surface area contributed by atoms with Crippen LogP contribution in [0.4, 0.5) is 0 Å². The average Bonchev–Trinajstić information content (AvgIpc) is 2.18. The molecule has 0 radical (unpaired) electrons. The molecule has 0 fully saturated rings. The van der Waals surface area contributed by atoms with E-state index < -0.39 is 0 Å². The zero-order chi connectivity index (χ0) is 11.3. The van der Waals surface area contributed by atoms with Gasteiger partial charge in [-0.05, 0) is 36.5 Å². The minimum absolute atomic E-state index is 0.209. The third kappa shape index (κ3) is 3.92. The topological polar surface area (TPSA) is 40.5 Å². The molecule has 1 aromatic rings. The third-order valence-electron chi connectivity index (χ3n) is 2.71. The van der Waals surface area contributed by atoms with E-state index >= 15 is 0 Å². The van der Waals surface area contributed by atoms with E-state index in [2.05, 4.69) is 13.8 Å². The molecular weight excluding hydrogens is 188 g/mol. The minimum Gasteiger partial charge on any atom is -0.508 e. The average molecular weight is 208 g/mol. The van der Waals surface area contributed by atoms with Gasteiger partial charge in [0.1, 0.15) is 5.75 Å². The summed E-state index contributed by atoms with van der Waals surface area (Å²) >= 11 is 0. The minimum atomic E-state index is -0.209. The Hall–Kier alpha value is -1.02. The van der Waals surface area contributed by atoms with E-state index in [0.29, 0.717) is 11.7 Å². The molecular formula is C13H20O2. The molecule has 0 aromatic heterocycles. The van der Waals surface area contributed by atoms with Crippen LogP contribution in [-0.4, -0.2) is 16.3 Å². The maximum absolute atomic E-state index is 9.69. The second kappa shape index (κ2) is 5.76. The van der Waals surface area contributed by atoms with Crippen LogP contribution in [-0.2, 0) is 0 Å². The van der Waals surface area contributed by atoms with Crippen molar-refractivity contribution in [3.05, 3.63) is 29.8 Å². The van der Waals surface area contributed by atoms with Gasteiger partial charge in [-0.15, -0.1) is 0 Å². The first-order chi connectivity index (χ1) is 7.13. The maximum Gasteiger partial charge on any atom is 0.115 e. The standard InChI is InChI=1S/C13H20O2/c1-3-4-13(15)9-10(2)11-5-7-12(14)8-6-11/h5-8,10,13-15H,3-4,9H2,1-2H3. The fourth-order valence-electron chi connectivity index (χ4n) is 1.80. The van der Waals surface area contributed by atoms with Crippen molar-refractivity contribution in [2.45, 2.75) is 45.1 Å². The molecule has 0 saturated carbocycles. The zero-order valence-electron chi connectivity index (χ0n) is 9.48. The van der Waals surface area contributed by atoms with Crippen LogP contribution in [0.15, 0.2) is 24.3 Å². The highest BCUT2D eigenvalue weighted by Gasteiger charge is 2.11. The van der Waals surface area contributed by atoms with Crippen LogP contribution < -0.4 is 0 Å². The van der Waals surface area contributed by atoms with Gasteiger partial charge in [0, 0.05) is 0 Å². The van der Waals surface area contributed by atoms with Crippen LogP contribution >= 0.6 is 0 Å². The summed E-state index contributed by atoms with van der Waals surface area (Å²) in [4.78, 5) is 0. The lowest BCUT2D eigenvalue weighted by Crippen LogP contribution is -2.10.